The number of cyclic esters (lactones) is 1. The largest absolute Gasteiger partial charge is 0.477 e. The zero-order valence-electron chi connectivity index (χ0n) is 20.5. The van der Waals surface area contributed by atoms with E-state index >= 15 is 0 Å². The van der Waals surface area contributed by atoms with Crippen LogP contribution in [0.3, 0.4) is 0 Å². The Morgan fingerprint density at radius 1 is 1.13 bits per heavy atom. The Hall–Kier alpha value is -4.19. The molecule has 12 heteroatoms. The Kier molecular flexibility index (Phi) is 7.27. The molecule has 1 aliphatic heterocycles. The number of esters is 1. The average Bonchev–Trinajstić information content (AvgIpc) is 2.86. The van der Waals surface area contributed by atoms with Gasteiger partial charge in [-0.15, -0.1) is 0 Å². The first-order valence-corrected chi connectivity index (χ1v) is 11.7. The highest BCUT2D eigenvalue weighted by Crippen LogP contribution is 2.33. The molecule has 0 saturated carbocycles. The number of carboxylic acids is 1. The first kappa shape index (κ1) is 26.9. The number of carbonyl (C=O) groups is 2. The van der Waals surface area contributed by atoms with Crippen LogP contribution in [0.15, 0.2) is 52.1 Å². The number of aromatic nitrogens is 2. The number of alkyl halides is 3. The van der Waals surface area contributed by atoms with Crippen LogP contribution in [0.1, 0.15) is 51.3 Å². The first-order chi connectivity index (χ1) is 18.0. The van der Waals surface area contributed by atoms with Crippen molar-refractivity contribution in [3.05, 3.63) is 96.8 Å². The molecular formula is C26H24F3N3O6. The molecule has 2 aromatic carbocycles. The van der Waals surface area contributed by atoms with E-state index in [1.54, 1.807) is 19.1 Å². The highest BCUT2D eigenvalue weighted by Gasteiger charge is 2.33. The standard InChI is InChI=1S/C26H24F3N3O6/c1-3-19-20(23(34)35)22(33)31(13-16-5-4-6-18(14(16)2)26(27,28)29)25(37)32(19)17-9-7-15(8-10-17)21-24(36)38-12-11-30-21/h4-10,21,30H,3,11-13H2,1-2H3,(H,34,35). The molecule has 1 unspecified atom stereocenters. The molecule has 9 nitrogen and oxygen atoms in total. The molecule has 0 amide bonds. The van der Waals surface area contributed by atoms with Crippen LogP contribution in [0.4, 0.5) is 13.2 Å². The van der Waals surface area contributed by atoms with E-state index in [0.29, 0.717) is 16.7 Å². The van der Waals surface area contributed by atoms with Gasteiger partial charge in [-0.05, 0) is 48.2 Å². The minimum Gasteiger partial charge on any atom is -0.477 e. The summed E-state index contributed by atoms with van der Waals surface area (Å²) in [5.74, 6) is -2.03. The zero-order valence-corrected chi connectivity index (χ0v) is 20.5. The van der Waals surface area contributed by atoms with E-state index in [1.165, 1.54) is 25.1 Å². The fraction of sp³-hybridized carbons (Fsp3) is 0.308. The molecule has 3 aromatic rings. The maximum Gasteiger partial charge on any atom is 0.416 e. The van der Waals surface area contributed by atoms with Gasteiger partial charge in [0.15, 0.2) is 0 Å². The molecule has 200 valence electrons. The number of rotatable bonds is 6. The quantitative estimate of drug-likeness (QED) is 0.470. The van der Waals surface area contributed by atoms with Crippen LogP contribution in [0.5, 0.6) is 0 Å². The van der Waals surface area contributed by atoms with Gasteiger partial charge in [-0.2, -0.15) is 13.2 Å². The maximum atomic E-state index is 13.6. The Labute approximate surface area is 214 Å². The van der Waals surface area contributed by atoms with E-state index in [2.05, 4.69) is 5.32 Å². The first-order valence-electron chi connectivity index (χ1n) is 11.7. The summed E-state index contributed by atoms with van der Waals surface area (Å²) in [5.41, 5.74) is -3.01. The molecule has 1 saturated heterocycles. The van der Waals surface area contributed by atoms with Gasteiger partial charge < -0.3 is 9.84 Å². The lowest BCUT2D eigenvalue weighted by molar-refractivity contribution is -0.149. The van der Waals surface area contributed by atoms with Crippen molar-refractivity contribution < 1.29 is 32.6 Å². The maximum absolute atomic E-state index is 13.6. The Morgan fingerprint density at radius 2 is 1.82 bits per heavy atom. The second-order valence-corrected chi connectivity index (χ2v) is 8.72. The van der Waals surface area contributed by atoms with Crippen molar-refractivity contribution in [2.75, 3.05) is 13.2 Å². The summed E-state index contributed by atoms with van der Waals surface area (Å²) in [6, 6.07) is 8.81. The van der Waals surface area contributed by atoms with Crippen LogP contribution in [-0.2, 0) is 28.7 Å². The lowest BCUT2D eigenvalue weighted by atomic mass is 10.0. The molecular weight excluding hydrogens is 507 g/mol. The Morgan fingerprint density at radius 3 is 2.39 bits per heavy atom. The van der Waals surface area contributed by atoms with Crippen LogP contribution in [0, 0.1) is 6.92 Å². The smallest absolute Gasteiger partial charge is 0.416 e. The summed E-state index contributed by atoms with van der Waals surface area (Å²) >= 11 is 0. The molecule has 4 rings (SSSR count). The third kappa shape index (κ3) is 4.86. The van der Waals surface area contributed by atoms with Gasteiger partial charge in [0, 0.05) is 12.2 Å². The van der Waals surface area contributed by atoms with E-state index in [0.717, 1.165) is 16.7 Å². The van der Waals surface area contributed by atoms with Gasteiger partial charge in [0.05, 0.1) is 17.8 Å². The van der Waals surface area contributed by atoms with Crippen LogP contribution >= 0.6 is 0 Å². The summed E-state index contributed by atoms with van der Waals surface area (Å²) < 4.78 is 47.0. The number of hydrogen-bond donors (Lipinski definition) is 2. The summed E-state index contributed by atoms with van der Waals surface area (Å²) in [6.07, 6.45) is -4.64. The average molecular weight is 531 g/mol. The summed E-state index contributed by atoms with van der Waals surface area (Å²) in [6.45, 7) is 2.94. The number of nitrogens with zero attached hydrogens (tertiary/aromatic N) is 2. The number of benzene rings is 2. The van der Waals surface area contributed by atoms with Gasteiger partial charge in [0.25, 0.3) is 5.56 Å². The number of carboxylic acid groups (broad SMARTS) is 1. The highest BCUT2D eigenvalue weighted by atomic mass is 19.4. The highest BCUT2D eigenvalue weighted by molar-refractivity contribution is 5.88. The predicted molar refractivity (Wildman–Crippen MR) is 130 cm³/mol. The van der Waals surface area contributed by atoms with Crippen molar-refractivity contribution in [1.82, 2.24) is 14.5 Å². The molecule has 2 heterocycles. The minimum atomic E-state index is -4.65. The number of halogens is 3. The fourth-order valence-electron chi connectivity index (χ4n) is 4.57. The van der Waals surface area contributed by atoms with Crippen molar-refractivity contribution in [2.45, 2.75) is 39.0 Å². The number of carbonyl (C=O) groups excluding carboxylic acids is 1. The molecule has 1 atom stereocenters. The van der Waals surface area contributed by atoms with E-state index in [4.69, 9.17) is 4.74 Å². The predicted octanol–water partition coefficient (Wildman–Crippen LogP) is 2.82. The Bertz CT molecular complexity index is 1520. The van der Waals surface area contributed by atoms with Crippen LogP contribution in [0.25, 0.3) is 5.69 Å². The van der Waals surface area contributed by atoms with Gasteiger partial charge in [-0.25, -0.2) is 14.4 Å². The lowest BCUT2D eigenvalue weighted by Crippen LogP contribution is -2.44. The number of morpholine rings is 1. The number of aromatic carboxylic acids is 1. The van der Waals surface area contributed by atoms with E-state index in [1.807, 2.05) is 0 Å². The minimum absolute atomic E-state index is 0.00774. The summed E-state index contributed by atoms with van der Waals surface area (Å²) in [5, 5.41) is 12.9. The van der Waals surface area contributed by atoms with Crippen LogP contribution in [-0.4, -0.2) is 39.3 Å². The molecule has 1 aliphatic rings. The van der Waals surface area contributed by atoms with Crippen molar-refractivity contribution in [1.29, 1.82) is 0 Å². The normalized spacial score (nSPS) is 15.8. The monoisotopic (exact) mass is 531 g/mol. The summed E-state index contributed by atoms with van der Waals surface area (Å²) in [4.78, 5) is 51.0. The van der Waals surface area contributed by atoms with Crippen molar-refractivity contribution >= 4 is 11.9 Å². The second-order valence-electron chi connectivity index (χ2n) is 8.72. The molecule has 38 heavy (non-hydrogen) atoms. The number of hydrogen-bond acceptors (Lipinski definition) is 6. The molecule has 0 radical (unpaired) electrons. The Balaban J connectivity index is 1.88. The molecule has 2 N–H and O–H groups in total. The SMILES string of the molecule is CCc1c(C(=O)O)c(=O)n(Cc2cccc(C(F)(F)F)c2C)c(=O)n1-c1ccc(C2NCCOC2=O)cc1. The topological polar surface area (TPSA) is 120 Å². The van der Waals surface area contributed by atoms with Crippen molar-refractivity contribution in [2.24, 2.45) is 0 Å². The van der Waals surface area contributed by atoms with Gasteiger partial charge in [0.1, 0.15) is 18.2 Å². The lowest BCUT2D eigenvalue weighted by Gasteiger charge is -2.23. The number of ether oxygens (including phenoxy) is 1. The third-order valence-electron chi connectivity index (χ3n) is 6.48. The molecule has 1 aromatic heterocycles. The summed E-state index contributed by atoms with van der Waals surface area (Å²) in [7, 11) is 0. The fourth-order valence-corrected chi connectivity index (χ4v) is 4.57. The van der Waals surface area contributed by atoms with Gasteiger partial charge in [-0.1, -0.05) is 31.2 Å². The zero-order chi connectivity index (χ0) is 27.8. The van der Waals surface area contributed by atoms with Gasteiger partial charge in [-0.3, -0.25) is 19.2 Å². The molecule has 0 aliphatic carbocycles. The molecule has 0 bridgehead atoms. The van der Waals surface area contributed by atoms with Crippen LogP contribution in [0.2, 0.25) is 0 Å². The van der Waals surface area contributed by atoms with Crippen LogP contribution < -0.4 is 16.6 Å². The van der Waals surface area contributed by atoms with Gasteiger partial charge in [0.2, 0.25) is 0 Å². The van der Waals surface area contributed by atoms with Crippen molar-refractivity contribution in [3.63, 3.8) is 0 Å². The van der Waals surface area contributed by atoms with Crippen molar-refractivity contribution in [3.8, 4) is 5.69 Å². The van der Waals surface area contributed by atoms with E-state index in [-0.39, 0.29) is 35.5 Å². The molecule has 1 fully saturated rings. The van der Waals surface area contributed by atoms with E-state index in [9.17, 15) is 37.5 Å². The third-order valence-corrected chi connectivity index (χ3v) is 6.48. The van der Waals surface area contributed by atoms with E-state index < -0.39 is 53.1 Å². The second kappa shape index (κ2) is 10.3. The molecule has 0 spiro atoms. The van der Waals surface area contributed by atoms with Gasteiger partial charge >= 0.3 is 23.8 Å². The number of nitrogens with one attached hydrogen (secondary N) is 1.